The van der Waals surface area contributed by atoms with Gasteiger partial charge in [0.15, 0.2) is 18.1 Å². The van der Waals surface area contributed by atoms with Gasteiger partial charge in [0.25, 0.3) is 0 Å². The zero-order chi connectivity index (χ0) is 14.6. The molecule has 0 heterocycles. The van der Waals surface area contributed by atoms with Crippen LogP contribution in [0.25, 0.3) is 0 Å². The lowest BCUT2D eigenvalue weighted by Gasteiger charge is -2.13. The molecule has 0 aliphatic heterocycles. The van der Waals surface area contributed by atoms with Crippen molar-refractivity contribution >= 4 is 40.8 Å². The van der Waals surface area contributed by atoms with E-state index in [1.54, 1.807) is 19.1 Å². The van der Waals surface area contributed by atoms with Crippen LogP contribution in [-0.2, 0) is 9.53 Å². The summed E-state index contributed by atoms with van der Waals surface area (Å²) in [5.41, 5.74) is 1.56. The summed E-state index contributed by atoms with van der Waals surface area (Å²) in [7, 11) is 0. The summed E-state index contributed by atoms with van der Waals surface area (Å²) >= 11 is 16.3. The molecule has 4 nitrogen and oxygen atoms in total. The van der Waals surface area contributed by atoms with Gasteiger partial charge < -0.3 is 14.6 Å². The molecule has 0 aromatic heterocycles. The number of carbonyl (C=O) groups excluding carboxylic acids is 1. The summed E-state index contributed by atoms with van der Waals surface area (Å²) in [6.07, 6.45) is 0. The van der Waals surface area contributed by atoms with Gasteiger partial charge in [-0.15, -0.1) is 0 Å². The van der Waals surface area contributed by atoms with Crippen molar-refractivity contribution in [1.29, 1.82) is 0 Å². The van der Waals surface area contributed by atoms with Gasteiger partial charge in [-0.1, -0.05) is 40.9 Å². The van der Waals surface area contributed by atoms with Crippen molar-refractivity contribution in [3.63, 3.8) is 0 Å². The quantitative estimate of drug-likeness (QED) is 0.681. The Balaban J connectivity index is 2.55. The zero-order valence-corrected chi connectivity index (χ0v) is 12.6. The molecule has 0 bridgehead atoms. The van der Waals surface area contributed by atoms with E-state index in [-0.39, 0.29) is 24.7 Å². The van der Waals surface area contributed by atoms with E-state index in [1.165, 1.54) is 0 Å². The van der Waals surface area contributed by atoms with E-state index in [4.69, 9.17) is 39.5 Å². The molecule has 7 heteroatoms. The van der Waals surface area contributed by atoms with Crippen LogP contribution in [0.3, 0.4) is 0 Å². The molecule has 0 aliphatic carbocycles. The first kappa shape index (κ1) is 16.2. The van der Waals surface area contributed by atoms with E-state index in [0.29, 0.717) is 5.56 Å². The second-order valence-electron chi connectivity index (χ2n) is 3.99. The Bertz CT molecular complexity index is 469. The van der Waals surface area contributed by atoms with Crippen LogP contribution >= 0.6 is 34.8 Å². The third-order valence-electron chi connectivity index (χ3n) is 2.15. The summed E-state index contributed by atoms with van der Waals surface area (Å²) in [5.74, 6) is -0.493. The Hall–Kier alpha value is -0.840. The predicted molar refractivity (Wildman–Crippen MR) is 74.3 cm³/mol. The average Bonchev–Trinajstić information content (AvgIpc) is 2.28. The molecule has 0 amide bonds. The maximum Gasteiger partial charge on any atom is 0.344 e. The number of phenolic OH excluding ortho intramolecular Hbond substituents is 1. The minimum atomic E-state index is -1.66. The number of rotatable bonds is 4. The van der Waals surface area contributed by atoms with Crippen LogP contribution in [-0.4, -0.2) is 28.1 Å². The fourth-order valence-corrected chi connectivity index (χ4v) is 1.54. The number of carbonyl (C=O) groups is 1. The van der Waals surface area contributed by atoms with E-state index in [0.717, 1.165) is 5.56 Å². The average molecular weight is 328 g/mol. The molecule has 1 aromatic carbocycles. The van der Waals surface area contributed by atoms with Crippen LogP contribution < -0.4 is 4.74 Å². The Morgan fingerprint density at radius 1 is 1.32 bits per heavy atom. The molecule has 0 unspecified atom stereocenters. The van der Waals surface area contributed by atoms with Gasteiger partial charge in [-0.05, 0) is 31.0 Å². The van der Waals surface area contributed by atoms with Gasteiger partial charge in [0.2, 0.25) is 3.79 Å². The lowest BCUT2D eigenvalue weighted by Crippen LogP contribution is -2.21. The first-order valence-corrected chi connectivity index (χ1v) is 6.48. The standard InChI is InChI=1S/C12H13Cl3O4/c1-7-3-8(2)11(17)9(4-7)18-5-10(16)19-6-12(13,14)15/h3-4,17H,5-6H2,1-2H3. The monoisotopic (exact) mass is 326 g/mol. The van der Waals surface area contributed by atoms with E-state index in [1.807, 2.05) is 6.92 Å². The van der Waals surface area contributed by atoms with Gasteiger partial charge in [0.1, 0.15) is 6.61 Å². The summed E-state index contributed by atoms with van der Waals surface area (Å²) in [4.78, 5) is 11.3. The molecule has 19 heavy (non-hydrogen) atoms. The summed E-state index contributed by atoms with van der Waals surface area (Å²) in [5, 5.41) is 9.75. The highest BCUT2D eigenvalue weighted by Crippen LogP contribution is 2.31. The van der Waals surface area contributed by atoms with Crippen LogP contribution in [0.1, 0.15) is 11.1 Å². The number of aromatic hydroxyl groups is 1. The molecule has 1 N–H and O–H groups in total. The summed E-state index contributed by atoms with van der Waals surface area (Å²) in [6, 6.07) is 3.41. The van der Waals surface area contributed by atoms with Crippen molar-refractivity contribution in [1.82, 2.24) is 0 Å². The van der Waals surface area contributed by atoms with Crippen molar-refractivity contribution in [3.05, 3.63) is 23.3 Å². The predicted octanol–water partition coefficient (Wildman–Crippen LogP) is 3.30. The molecule has 0 fully saturated rings. The first-order valence-electron chi connectivity index (χ1n) is 5.34. The molecule has 0 radical (unpaired) electrons. The van der Waals surface area contributed by atoms with Gasteiger partial charge in [-0.2, -0.15) is 0 Å². The lowest BCUT2D eigenvalue weighted by molar-refractivity contribution is -0.145. The van der Waals surface area contributed by atoms with Gasteiger partial charge in [0, 0.05) is 0 Å². The molecule has 106 valence electrons. The van der Waals surface area contributed by atoms with E-state index in [2.05, 4.69) is 4.74 Å². The Labute approximate surface area is 126 Å². The van der Waals surface area contributed by atoms with Gasteiger partial charge in [-0.3, -0.25) is 0 Å². The molecule has 1 aromatic rings. The highest BCUT2D eigenvalue weighted by molar-refractivity contribution is 6.67. The summed E-state index contributed by atoms with van der Waals surface area (Å²) < 4.78 is 8.20. The fourth-order valence-electron chi connectivity index (χ4n) is 1.37. The molecule has 0 atom stereocenters. The number of hydrogen-bond acceptors (Lipinski definition) is 4. The van der Waals surface area contributed by atoms with Crippen LogP contribution in [0, 0.1) is 13.8 Å². The van der Waals surface area contributed by atoms with Crippen molar-refractivity contribution in [2.24, 2.45) is 0 Å². The number of phenols is 1. The van der Waals surface area contributed by atoms with E-state index < -0.39 is 9.76 Å². The van der Waals surface area contributed by atoms with Crippen LogP contribution in [0.15, 0.2) is 12.1 Å². The maximum absolute atomic E-state index is 11.3. The molecule has 1 rings (SSSR count). The fraction of sp³-hybridized carbons (Fsp3) is 0.417. The van der Waals surface area contributed by atoms with Crippen molar-refractivity contribution in [2.75, 3.05) is 13.2 Å². The van der Waals surface area contributed by atoms with Crippen LogP contribution in [0.2, 0.25) is 0 Å². The minimum Gasteiger partial charge on any atom is -0.504 e. The van der Waals surface area contributed by atoms with Gasteiger partial charge >= 0.3 is 5.97 Å². The zero-order valence-electron chi connectivity index (χ0n) is 10.4. The number of ether oxygens (including phenoxy) is 2. The maximum atomic E-state index is 11.3. The van der Waals surface area contributed by atoms with Crippen LogP contribution in [0.5, 0.6) is 11.5 Å². The SMILES string of the molecule is Cc1cc(C)c(O)c(OCC(=O)OCC(Cl)(Cl)Cl)c1. The second-order valence-corrected chi connectivity index (χ2v) is 6.51. The number of halogens is 3. The number of esters is 1. The van der Waals surface area contributed by atoms with Gasteiger partial charge in [-0.25, -0.2) is 4.79 Å². The Morgan fingerprint density at radius 2 is 1.95 bits per heavy atom. The van der Waals surface area contributed by atoms with Crippen molar-refractivity contribution in [3.8, 4) is 11.5 Å². The molecular weight excluding hydrogens is 314 g/mol. The third-order valence-corrected chi connectivity index (χ3v) is 2.48. The smallest absolute Gasteiger partial charge is 0.344 e. The number of hydrogen-bond donors (Lipinski definition) is 1. The normalized spacial score (nSPS) is 11.2. The highest BCUT2D eigenvalue weighted by atomic mass is 35.6. The van der Waals surface area contributed by atoms with Crippen LogP contribution in [0.4, 0.5) is 0 Å². The summed E-state index contributed by atoms with van der Waals surface area (Å²) in [6.45, 7) is 2.84. The second kappa shape index (κ2) is 6.55. The third kappa shape index (κ3) is 5.76. The lowest BCUT2D eigenvalue weighted by atomic mass is 10.1. The van der Waals surface area contributed by atoms with Gasteiger partial charge in [0.05, 0.1) is 0 Å². The molecular formula is C12H13Cl3O4. The minimum absolute atomic E-state index is 0.0141. The molecule has 0 saturated carbocycles. The largest absolute Gasteiger partial charge is 0.504 e. The molecule has 0 spiro atoms. The number of benzene rings is 1. The van der Waals surface area contributed by atoms with Crippen molar-refractivity contribution in [2.45, 2.75) is 17.6 Å². The van der Waals surface area contributed by atoms with E-state index in [9.17, 15) is 9.90 Å². The first-order chi connectivity index (χ1) is 8.69. The van der Waals surface area contributed by atoms with E-state index >= 15 is 0 Å². The van der Waals surface area contributed by atoms with Crippen molar-refractivity contribution < 1.29 is 19.4 Å². The molecule has 0 saturated heterocycles. The number of alkyl halides is 3. The Morgan fingerprint density at radius 3 is 2.53 bits per heavy atom. The highest BCUT2D eigenvalue weighted by Gasteiger charge is 2.22. The molecule has 0 aliphatic rings. The topological polar surface area (TPSA) is 55.8 Å². The Kier molecular flexibility index (Phi) is 5.59. The number of aryl methyl sites for hydroxylation is 2.